The molecule has 0 spiro atoms. The lowest BCUT2D eigenvalue weighted by Crippen LogP contribution is -2.31. The summed E-state index contributed by atoms with van der Waals surface area (Å²) in [5.41, 5.74) is 1.10. The Balaban J connectivity index is 2.28. The van der Waals surface area contributed by atoms with Crippen LogP contribution in [-0.4, -0.2) is 17.6 Å². The van der Waals surface area contributed by atoms with E-state index in [0.29, 0.717) is 22.0 Å². The third-order valence-corrected chi connectivity index (χ3v) is 3.65. The minimum Gasteiger partial charge on any atom is -0.380 e. The standard InChI is InChI=1S/C17H16ClN3O3/c1-11-6-12(10-24-2)15(8-19)17(23)21(11)9-16(22)20-14-5-3-4-13(18)7-14/h3-7H,9-10H2,1-2H3,(H,20,22). The smallest absolute Gasteiger partial charge is 0.269 e. The molecule has 0 bridgehead atoms. The van der Waals surface area contributed by atoms with Gasteiger partial charge in [0.15, 0.2) is 0 Å². The Morgan fingerprint density at radius 3 is 2.79 bits per heavy atom. The van der Waals surface area contributed by atoms with Gasteiger partial charge in [0.1, 0.15) is 18.2 Å². The number of methoxy groups -OCH3 is 1. The highest BCUT2D eigenvalue weighted by atomic mass is 35.5. The van der Waals surface area contributed by atoms with Crippen LogP contribution in [-0.2, 0) is 22.7 Å². The monoisotopic (exact) mass is 345 g/mol. The maximum atomic E-state index is 12.4. The SMILES string of the molecule is COCc1cc(C)n(CC(=O)Nc2cccc(Cl)c2)c(=O)c1C#N. The number of benzene rings is 1. The molecule has 24 heavy (non-hydrogen) atoms. The number of halogens is 1. The van der Waals surface area contributed by atoms with Gasteiger partial charge in [-0.15, -0.1) is 0 Å². The van der Waals surface area contributed by atoms with Crippen LogP contribution in [0.4, 0.5) is 5.69 Å². The highest BCUT2D eigenvalue weighted by Gasteiger charge is 2.15. The number of aryl methyl sites for hydroxylation is 1. The van der Waals surface area contributed by atoms with E-state index in [1.54, 1.807) is 37.3 Å². The molecule has 1 amide bonds. The Morgan fingerprint density at radius 1 is 1.42 bits per heavy atom. The lowest BCUT2D eigenvalue weighted by Gasteiger charge is -2.13. The number of carbonyl (C=O) groups is 1. The van der Waals surface area contributed by atoms with Crippen molar-refractivity contribution >= 4 is 23.2 Å². The summed E-state index contributed by atoms with van der Waals surface area (Å²) in [5, 5.41) is 12.4. The Kier molecular flexibility index (Phi) is 5.74. The van der Waals surface area contributed by atoms with Crippen LogP contribution in [0.3, 0.4) is 0 Å². The highest BCUT2D eigenvalue weighted by Crippen LogP contribution is 2.15. The molecule has 0 fully saturated rings. The predicted molar refractivity (Wildman–Crippen MR) is 90.9 cm³/mol. The van der Waals surface area contributed by atoms with Gasteiger partial charge < -0.3 is 14.6 Å². The molecule has 1 aromatic heterocycles. The average Bonchev–Trinajstić information content (AvgIpc) is 2.52. The molecular weight excluding hydrogens is 330 g/mol. The van der Waals surface area contributed by atoms with Gasteiger partial charge in [-0.25, -0.2) is 0 Å². The lowest BCUT2D eigenvalue weighted by atomic mass is 10.1. The van der Waals surface area contributed by atoms with E-state index in [0.717, 1.165) is 0 Å². The molecule has 124 valence electrons. The van der Waals surface area contributed by atoms with Crippen molar-refractivity contribution in [1.82, 2.24) is 4.57 Å². The molecule has 0 aliphatic carbocycles. The van der Waals surface area contributed by atoms with Crippen molar-refractivity contribution in [1.29, 1.82) is 5.26 Å². The third-order valence-electron chi connectivity index (χ3n) is 3.41. The molecule has 0 saturated carbocycles. The maximum absolute atomic E-state index is 12.4. The van der Waals surface area contributed by atoms with E-state index in [1.165, 1.54) is 11.7 Å². The second-order valence-electron chi connectivity index (χ2n) is 5.18. The van der Waals surface area contributed by atoms with Crippen LogP contribution >= 0.6 is 11.6 Å². The second-order valence-corrected chi connectivity index (χ2v) is 5.62. The fourth-order valence-corrected chi connectivity index (χ4v) is 2.52. The number of ether oxygens (including phenoxy) is 1. The molecule has 0 atom stereocenters. The van der Waals surface area contributed by atoms with Gasteiger partial charge in [0.2, 0.25) is 5.91 Å². The third kappa shape index (κ3) is 4.02. The number of carbonyl (C=O) groups excluding carboxylic acids is 1. The Bertz CT molecular complexity index is 868. The molecule has 1 aromatic carbocycles. The number of pyridine rings is 1. The number of nitriles is 1. The van der Waals surface area contributed by atoms with Gasteiger partial charge in [-0.2, -0.15) is 5.26 Å². The molecule has 0 unspecified atom stereocenters. The molecule has 0 aliphatic heterocycles. The summed E-state index contributed by atoms with van der Waals surface area (Å²) >= 11 is 5.87. The molecule has 7 heteroatoms. The predicted octanol–water partition coefficient (Wildman–Crippen LogP) is 2.47. The van der Waals surface area contributed by atoms with Gasteiger partial charge in [-0.3, -0.25) is 9.59 Å². The Hall–Kier alpha value is -2.62. The van der Waals surface area contributed by atoms with Gasteiger partial charge in [0.25, 0.3) is 5.56 Å². The first kappa shape index (κ1) is 17.7. The van der Waals surface area contributed by atoms with Crippen molar-refractivity contribution in [3.05, 3.63) is 62.5 Å². The normalized spacial score (nSPS) is 10.2. The van der Waals surface area contributed by atoms with Crippen molar-refractivity contribution in [2.75, 3.05) is 12.4 Å². The van der Waals surface area contributed by atoms with Crippen LogP contribution in [0.15, 0.2) is 35.1 Å². The number of anilines is 1. The zero-order chi connectivity index (χ0) is 17.7. The van der Waals surface area contributed by atoms with Crippen molar-refractivity contribution in [2.24, 2.45) is 0 Å². The zero-order valence-corrected chi connectivity index (χ0v) is 14.1. The van der Waals surface area contributed by atoms with Crippen molar-refractivity contribution in [3.8, 4) is 6.07 Å². The first-order valence-corrected chi connectivity index (χ1v) is 7.51. The van der Waals surface area contributed by atoms with Gasteiger partial charge in [0, 0.05) is 29.1 Å². The van der Waals surface area contributed by atoms with E-state index in [9.17, 15) is 14.9 Å². The van der Waals surface area contributed by atoms with Gasteiger partial charge in [-0.1, -0.05) is 17.7 Å². The van der Waals surface area contributed by atoms with E-state index in [1.807, 2.05) is 6.07 Å². The first-order valence-electron chi connectivity index (χ1n) is 7.14. The van der Waals surface area contributed by atoms with Crippen molar-refractivity contribution in [2.45, 2.75) is 20.1 Å². The Morgan fingerprint density at radius 2 is 2.17 bits per heavy atom. The average molecular weight is 346 g/mol. The van der Waals surface area contributed by atoms with Crippen LogP contribution in [0, 0.1) is 18.3 Å². The van der Waals surface area contributed by atoms with E-state index >= 15 is 0 Å². The van der Waals surface area contributed by atoms with E-state index in [-0.39, 0.29) is 24.6 Å². The molecule has 0 aliphatic rings. The Labute approximate surface area is 144 Å². The van der Waals surface area contributed by atoms with E-state index in [4.69, 9.17) is 16.3 Å². The molecular formula is C17H16ClN3O3. The van der Waals surface area contributed by atoms with E-state index < -0.39 is 5.56 Å². The molecule has 2 rings (SSSR count). The quantitative estimate of drug-likeness (QED) is 0.902. The van der Waals surface area contributed by atoms with Crippen LogP contribution < -0.4 is 10.9 Å². The zero-order valence-electron chi connectivity index (χ0n) is 13.3. The number of hydrogen-bond acceptors (Lipinski definition) is 4. The molecule has 6 nitrogen and oxygen atoms in total. The van der Waals surface area contributed by atoms with Gasteiger partial charge >= 0.3 is 0 Å². The van der Waals surface area contributed by atoms with Crippen molar-refractivity contribution in [3.63, 3.8) is 0 Å². The van der Waals surface area contributed by atoms with Gasteiger partial charge in [0.05, 0.1) is 6.61 Å². The number of nitrogens with one attached hydrogen (secondary N) is 1. The van der Waals surface area contributed by atoms with Crippen LogP contribution in [0.25, 0.3) is 0 Å². The summed E-state index contributed by atoms with van der Waals surface area (Å²) in [6, 6.07) is 10.3. The van der Waals surface area contributed by atoms with E-state index in [2.05, 4.69) is 5.32 Å². The number of nitrogens with zero attached hydrogens (tertiary/aromatic N) is 2. The first-order chi connectivity index (χ1) is 11.5. The van der Waals surface area contributed by atoms with Crippen molar-refractivity contribution < 1.29 is 9.53 Å². The number of amides is 1. The summed E-state index contributed by atoms with van der Waals surface area (Å²) < 4.78 is 6.26. The summed E-state index contributed by atoms with van der Waals surface area (Å²) in [4.78, 5) is 24.6. The maximum Gasteiger partial charge on any atom is 0.269 e. The minimum atomic E-state index is -0.509. The van der Waals surface area contributed by atoms with Crippen LogP contribution in [0.1, 0.15) is 16.8 Å². The second kappa shape index (κ2) is 7.77. The molecule has 2 aromatic rings. The lowest BCUT2D eigenvalue weighted by molar-refractivity contribution is -0.116. The fraction of sp³-hybridized carbons (Fsp3) is 0.235. The molecule has 1 N–H and O–H groups in total. The van der Waals surface area contributed by atoms with Crippen LogP contribution in [0.2, 0.25) is 5.02 Å². The van der Waals surface area contributed by atoms with Crippen LogP contribution in [0.5, 0.6) is 0 Å². The summed E-state index contributed by atoms with van der Waals surface area (Å²) in [5.74, 6) is -0.383. The summed E-state index contributed by atoms with van der Waals surface area (Å²) in [6.45, 7) is 1.67. The number of aromatic nitrogens is 1. The van der Waals surface area contributed by atoms with Gasteiger partial charge in [-0.05, 0) is 31.2 Å². The number of hydrogen-bond donors (Lipinski definition) is 1. The fourth-order valence-electron chi connectivity index (χ4n) is 2.33. The highest BCUT2D eigenvalue weighted by molar-refractivity contribution is 6.30. The molecule has 1 heterocycles. The molecule has 0 radical (unpaired) electrons. The minimum absolute atomic E-state index is 0.0157. The summed E-state index contributed by atoms with van der Waals surface area (Å²) in [7, 11) is 1.49. The molecule has 0 saturated heterocycles. The summed E-state index contributed by atoms with van der Waals surface area (Å²) in [6.07, 6.45) is 0. The topological polar surface area (TPSA) is 84.1 Å². The largest absolute Gasteiger partial charge is 0.380 e. The number of rotatable bonds is 5.